The average Bonchev–Trinajstić information content (AvgIpc) is 3.56. The highest BCUT2D eigenvalue weighted by Gasteiger charge is 2.20. The molecular weight excluding hydrogens is 448 g/mol. The second kappa shape index (κ2) is 10.0. The molecule has 0 bridgehead atoms. The van der Waals surface area contributed by atoms with Crippen molar-refractivity contribution >= 4 is 17.5 Å². The Morgan fingerprint density at radius 1 is 0.857 bits per heavy atom. The first kappa shape index (κ1) is 22.1. The topological polar surface area (TPSA) is 99.0 Å². The molecule has 1 aliphatic rings. The molecule has 1 aliphatic heterocycles. The third-order valence-electron chi connectivity index (χ3n) is 5.40. The zero-order chi connectivity index (χ0) is 24.0. The van der Waals surface area contributed by atoms with Gasteiger partial charge in [0, 0.05) is 12.1 Å². The summed E-state index contributed by atoms with van der Waals surface area (Å²) >= 11 is 0. The summed E-state index contributed by atoms with van der Waals surface area (Å²) in [7, 11) is 0. The van der Waals surface area contributed by atoms with Gasteiger partial charge in [0.05, 0.1) is 17.5 Å². The zero-order valence-corrected chi connectivity index (χ0v) is 18.7. The summed E-state index contributed by atoms with van der Waals surface area (Å²) in [4.78, 5) is 25.9. The Hall–Kier alpha value is -4.72. The van der Waals surface area contributed by atoms with Gasteiger partial charge in [-0.15, -0.1) is 0 Å². The molecule has 3 aromatic carbocycles. The smallest absolute Gasteiger partial charge is 0.291 e. The number of benzene rings is 3. The van der Waals surface area contributed by atoms with E-state index < -0.39 is 5.91 Å². The minimum Gasteiger partial charge on any atom is -0.489 e. The Morgan fingerprint density at radius 2 is 1.66 bits per heavy atom. The number of furan rings is 1. The van der Waals surface area contributed by atoms with Crippen LogP contribution >= 0.6 is 0 Å². The van der Waals surface area contributed by atoms with E-state index >= 15 is 0 Å². The van der Waals surface area contributed by atoms with Crippen LogP contribution in [0.5, 0.6) is 17.2 Å². The summed E-state index contributed by atoms with van der Waals surface area (Å²) in [5.41, 5.74) is 2.15. The van der Waals surface area contributed by atoms with Crippen molar-refractivity contribution in [2.24, 2.45) is 0 Å². The van der Waals surface area contributed by atoms with Crippen LogP contribution in [0, 0.1) is 0 Å². The minimum absolute atomic E-state index is 0.122. The lowest BCUT2D eigenvalue weighted by Crippen LogP contribution is -2.25. The van der Waals surface area contributed by atoms with Crippen LogP contribution < -0.4 is 24.8 Å². The Morgan fingerprint density at radius 3 is 2.54 bits per heavy atom. The van der Waals surface area contributed by atoms with Crippen molar-refractivity contribution in [3.05, 3.63) is 108 Å². The van der Waals surface area contributed by atoms with E-state index in [0.29, 0.717) is 34.1 Å². The Kier molecular flexibility index (Phi) is 6.34. The van der Waals surface area contributed by atoms with Gasteiger partial charge in [-0.25, -0.2) is 0 Å². The lowest BCUT2D eigenvalue weighted by molar-refractivity contribution is 0.0951. The number of hydrogen-bond acceptors (Lipinski definition) is 6. The number of hydrogen-bond donors (Lipinski definition) is 2. The normalized spacial score (nSPS) is 11.7. The third-order valence-corrected chi connectivity index (χ3v) is 5.40. The maximum absolute atomic E-state index is 13.0. The molecule has 8 heteroatoms. The fraction of sp³-hybridized carbons (Fsp3) is 0.111. The molecule has 0 aliphatic carbocycles. The second-order valence-corrected chi connectivity index (χ2v) is 7.75. The van der Waals surface area contributed by atoms with Gasteiger partial charge in [0.15, 0.2) is 17.3 Å². The first-order valence-electron chi connectivity index (χ1n) is 11.0. The maximum atomic E-state index is 13.0. The van der Waals surface area contributed by atoms with Crippen molar-refractivity contribution in [1.82, 2.24) is 5.32 Å². The number of carbonyl (C=O) groups is 2. The van der Waals surface area contributed by atoms with Crippen molar-refractivity contribution in [3.63, 3.8) is 0 Å². The Labute approximate surface area is 201 Å². The molecule has 0 spiro atoms. The standard InChI is InChI=1S/C27H22N2O6/c30-26(28-15-18-10-11-23-24(14-18)35-17-34-23)21-8-4-5-9-22(21)29-27(31)25-19(12-13-32-25)16-33-20-6-2-1-3-7-20/h1-14H,15-17H2,(H,28,30)(H,29,31). The molecule has 0 unspecified atom stereocenters. The van der Waals surface area contributed by atoms with Gasteiger partial charge < -0.3 is 29.3 Å². The fourth-order valence-corrected chi connectivity index (χ4v) is 3.62. The summed E-state index contributed by atoms with van der Waals surface area (Å²) in [5.74, 6) is 1.33. The van der Waals surface area contributed by atoms with E-state index in [1.54, 1.807) is 36.4 Å². The van der Waals surface area contributed by atoms with Crippen molar-refractivity contribution < 1.29 is 28.2 Å². The minimum atomic E-state index is -0.474. The number of carbonyl (C=O) groups excluding carboxylic acids is 2. The van der Waals surface area contributed by atoms with Crippen LogP contribution in [0.15, 0.2) is 89.5 Å². The molecule has 4 aromatic rings. The van der Waals surface area contributed by atoms with Gasteiger partial charge in [0.1, 0.15) is 12.4 Å². The van der Waals surface area contributed by atoms with E-state index in [1.165, 1.54) is 6.26 Å². The molecule has 2 heterocycles. The van der Waals surface area contributed by atoms with Gasteiger partial charge in [-0.3, -0.25) is 9.59 Å². The SMILES string of the molecule is O=C(NCc1ccc2c(c1)OCO2)c1ccccc1NC(=O)c1occc1COc1ccccc1. The highest BCUT2D eigenvalue weighted by Crippen LogP contribution is 2.32. The number of nitrogens with one attached hydrogen (secondary N) is 2. The van der Waals surface area contributed by atoms with E-state index in [0.717, 1.165) is 5.56 Å². The van der Waals surface area contributed by atoms with E-state index in [1.807, 2.05) is 42.5 Å². The summed E-state index contributed by atoms with van der Waals surface area (Å²) in [6.45, 7) is 0.645. The van der Waals surface area contributed by atoms with E-state index in [9.17, 15) is 9.59 Å². The van der Waals surface area contributed by atoms with Crippen molar-refractivity contribution in [3.8, 4) is 17.2 Å². The largest absolute Gasteiger partial charge is 0.489 e. The van der Waals surface area contributed by atoms with Crippen LogP contribution in [0.3, 0.4) is 0 Å². The maximum Gasteiger partial charge on any atom is 0.291 e. The Balaban J connectivity index is 1.24. The first-order valence-corrected chi connectivity index (χ1v) is 11.0. The second-order valence-electron chi connectivity index (χ2n) is 7.75. The van der Waals surface area contributed by atoms with E-state index in [2.05, 4.69) is 10.6 Å². The van der Waals surface area contributed by atoms with Crippen LogP contribution in [0.1, 0.15) is 32.0 Å². The van der Waals surface area contributed by atoms with Crippen LogP contribution in [0.4, 0.5) is 5.69 Å². The van der Waals surface area contributed by atoms with Crippen LogP contribution in [-0.2, 0) is 13.2 Å². The highest BCUT2D eigenvalue weighted by atomic mass is 16.7. The van der Waals surface area contributed by atoms with Crippen LogP contribution in [0.25, 0.3) is 0 Å². The summed E-state index contributed by atoms with van der Waals surface area (Å²) in [6, 6.07) is 23.3. The molecule has 2 amide bonds. The quantitative estimate of drug-likeness (QED) is 0.385. The molecule has 176 valence electrons. The molecule has 0 saturated heterocycles. The molecule has 0 fully saturated rings. The number of rotatable bonds is 8. The van der Waals surface area contributed by atoms with Gasteiger partial charge in [-0.1, -0.05) is 36.4 Å². The third kappa shape index (κ3) is 5.11. The van der Waals surface area contributed by atoms with E-state index in [-0.39, 0.29) is 31.6 Å². The molecule has 2 N–H and O–H groups in total. The first-order chi connectivity index (χ1) is 17.2. The number of para-hydroxylation sites is 2. The predicted molar refractivity (Wildman–Crippen MR) is 128 cm³/mol. The van der Waals surface area contributed by atoms with Gasteiger partial charge in [-0.05, 0) is 48.0 Å². The van der Waals surface area contributed by atoms with Crippen molar-refractivity contribution in [1.29, 1.82) is 0 Å². The van der Waals surface area contributed by atoms with Crippen LogP contribution in [-0.4, -0.2) is 18.6 Å². The number of ether oxygens (including phenoxy) is 3. The molecule has 0 atom stereocenters. The molecule has 0 radical (unpaired) electrons. The summed E-state index contributed by atoms with van der Waals surface area (Å²) < 4.78 is 21.8. The lowest BCUT2D eigenvalue weighted by atomic mass is 10.1. The van der Waals surface area contributed by atoms with E-state index in [4.69, 9.17) is 18.6 Å². The van der Waals surface area contributed by atoms with Crippen LogP contribution in [0.2, 0.25) is 0 Å². The molecule has 35 heavy (non-hydrogen) atoms. The fourth-order valence-electron chi connectivity index (χ4n) is 3.62. The van der Waals surface area contributed by atoms with Gasteiger partial charge in [-0.2, -0.15) is 0 Å². The van der Waals surface area contributed by atoms with Gasteiger partial charge in [0.2, 0.25) is 6.79 Å². The zero-order valence-electron chi connectivity index (χ0n) is 18.7. The molecule has 5 rings (SSSR count). The van der Waals surface area contributed by atoms with Crippen molar-refractivity contribution in [2.75, 3.05) is 12.1 Å². The number of amides is 2. The molecule has 1 aromatic heterocycles. The van der Waals surface area contributed by atoms with Gasteiger partial charge >= 0.3 is 0 Å². The summed E-state index contributed by atoms with van der Waals surface area (Å²) in [5, 5.41) is 5.65. The number of fused-ring (bicyclic) bond motifs is 1. The molecule has 8 nitrogen and oxygen atoms in total. The number of anilines is 1. The monoisotopic (exact) mass is 470 g/mol. The average molecular weight is 470 g/mol. The molecule has 0 saturated carbocycles. The predicted octanol–water partition coefficient (Wildman–Crippen LogP) is 4.77. The molecular formula is C27H22N2O6. The summed E-state index contributed by atoms with van der Waals surface area (Å²) in [6.07, 6.45) is 1.43. The van der Waals surface area contributed by atoms with Gasteiger partial charge in [0.25, 0.3) is 11.8 Å². The highest BCUT2D eigenvalue weighted by molar-refractivity contribution is 6.08. The Bertz CT molecular complexity index is 1350. The lowest BCUT2D eigenvalue weighted by Gasteiger charge is -2.12. The van der Waals surface area contributed by atoms with Crippen molar-refractivity contribution in [2.45, 2.75) is 13.2 Å².